The van der Waals surface area contributed by atoms with Gasteiger partial charge in [-0.3, -0.25) is 9.48 Å². The van der Waals surface area contributed by atoms with Crippen LogP contribution in [0.5, 0.6) is 5.75 Å². The maximum absolute atomic E-state index is 14.5. The molecule has 182 valence electrons. The van der Waals surface area contributed by atoms with Crippen LogP contribution >= 0.6 is 0 Å². The summed E-state index contributed by atoms with van der Waals surface area (Å²) in [7, 11) is 5.02. The Morgan fingerprint density at radius 1 is 1.11 bits per heavy atom. The third-order valence-corrected chi connectivity index (χ3v) is 5.82. The number of aromatic nitrogens is 6. The first-order chi connectivity index (χ1) is 17.4. The lowest BCUT2D eigenvalue weighted by Crippen LogP contribution is -2.31. The Morgan fingerprint density at radius 2 is 1.97 bits per heavy atom. The van der Waals surface area contributed by atoms with Crippen molar-refractivity contribution in [1.82, 2.24) is 34.6 Å². The van der Waals surface area contributed by atoms with Crippen LogP contribution < -0.4 is 15.4 Å². The number of hydrogen-bond donors (Lipinski definition) is 2. The fourth-order valence-corrected chi connectivity index (χ4v) is 3.88. The van der Waals surface area contributed by atoms with Gasteiger partial charge in [0.2, 0.25) is 0 Å². The third kappa shape index (κ3) is 4.45. The summed E-state index contributed by atoms with van der Waals surface area (Å²) in [5.41, 5.74) is 2.02. The lowest BCUT2D eigenvalue weighted by atomic mass is 10.0. The molecule has 0 saturated heterocycles. The van der Waals surface area contributed by atoms with Gasteiger partial charge in [-0.25, -0.2) is 19.3 Å². The molecule has 0 saturated carbocycles. The average molecular weight is 487 g/mol. The fourth-order valence-electron chi connectivity index (χ4n) is 3.88. The molecular formula is C25H23FN8O2. The Morgan fingerprint density at radius 3 is 2.67 bits per heavy atom. The molecule has 1 aromatic carbocycles. The zero-order valence-corrected chi connectivity index (χ0v) is 19.8. The summed E-state index contributed by atoms with van der Waals surface area (Å²) in [4.78, 5) is 26.4. The molecule has 0 radical (unpaired) electrons. The van der Waals surface area contributed by atoms with E-state index in [1.165, 1.54) is 19.2 Å². The number of methoxy groups -OCH3 is 1. The number of imidazole rings is 1. The minimum Gasteiger partial charge on any atom is -0.494 e. The minimum absolute atomic E-state index is 0.120. The van der Waals surface area contributed by atoms with Crippen molar-refractivity contribution in [2.24, 2.45) is 14.1 Å². The van der Waals surface area contributed by atoms with Crippen molar-refractivity contribution < 1.29 is 13.9 Å². The lowest BCUT2D eigenvalue weighted by Gasteiger charge is -2.20. The molecule has 36 heavy (non-hydrogen) atoms. The van der Waals surface area contributed by atoms with Crippen LogP contribution in [0.4, 0.5) is 16.0 Å². The van der Waals surface area contributed by atoms with E-state index in [0.29, 0.717) is 22.6 Å². The molecule has 2 N–H and O–H groups in total. The van der Waals surface area contributed by atoms with Gasteiger partial charge in [-0.15, -0.1) is 0 Å². The SMILES string of the molecule is COc1ccc(C(NC(=O)c2ccc3cnc(Nc4ccnn4C)cc3n2)c2cncn2C)cc1F. The van der Waals surface area contributed by atoms with E-state index in [1.54, 1.807) is 65.5 Å². The number of rotatable bonds is 7. The molecule has 4 heterocycles. The van der Waals surface area contributed by atoms with Crippen molar-refractivity contribution in [1.29, 1.82) is 0 Å². The molecule has 10 nitrogen and oxygen atoms in total. The largest absolute Gasteiger partial charge is 0.494 e. The van der Waals surface area contributed by atoms with E-state index in [4.69, 9.17) is 4.74 Å². The number of carbonyl (C=O) groups excluding carboxylic acids is 1. The van der Waals surface area contributed by atoms with Gasteiger partial charge in [-0.2, -0.15) is 5.10 Å². The summed E-state index contributed by atoms with van der Waals surface area (Å²) in [6.45, 7) is 0. The molecule has 5 aromatic rings. The first kappa shape index (κ1) is 23.0. The molecule has 0 fully saturated rings. The molecule has 0 aliphatic carbocycles. The van der Waals surface area contributed by atoms with Gasteiger partial charge in [0.25, 0.3) is 5.91 Å². The summed E-state index contributed by atoms with van der Waals surface area (Å²) in [5.74, 6) is 0.506. The number of benzene rings is 1. The summed E-state index contributed by atoms with van der Waals surface area (Å²) in [6, 6.07) is 10.9. The highest BCUT2D eigenvalue weighted by atomic mass is 19.1. The fraction of sp³-hybridized carbons (Fsp3) is 0.160. The van der Waals surface area contributed by atoms with E-state index in [9.17, 15) is 9.18 Å². The molecule has 4 aromatic heterocycles. The van der Waals surface area contributed by atoms with E-state index in [2.05, 4.69) is 30.7 Å². The maximum atomic E-state index is 14.5. The van der Waals surface area contributed by atoms with Gasteiger partial charge in [0.05, 0.1) is 43.1 Å². The molecule has 0 aliphatic heterocycles. The van der Waals surface area contributed by atoms with E-state index in [-0.39, 0.29) is 11.4 Å². The number of amides is 1. The Bertz CT molecular complexity index is 1560. The molecule has 1 atom stereocenters. The van der Waals surface area contributed by atoms with Crippen molar-refractivity contribution in [2.75, 3.05) is 12.4 Å². The number of hydrogen-bond acceptors (Lipinski definition) is 7. The smallest absolute Gasteiger partial charge is 0.270 e. The van der Waals surface area contributed by atoms with Gasteiger partial charge < -0.3 is 19.9 Å². The third-order valence-electron chi connectivity index (χ3n) is 5.82. The first-order valence-corrected chi connectivity index (χ1v) is 11.1. The van der Waals surface area contributed by atoms with Crippen molar-refractivity contribution in [3.63, 3.8) is 0 Å². The highest BCUT2D eigenvalue weighted by Crippen LogP contribution is 2.27. The predicted molar refractivity (Wildman–Crippen MR) is 131 cm³/mol. The van der Waals surface area contributed by atoms with Crippen molar-refractivity contribution in [3.8, 4) is 5.75 Å². The van der Waals surface area contributed by atoms with Gasteiger partial charge in [0.1, 0.15) is 17.3 Å². The van der Waals surface area contributed by atoms with Crippen LogP contribution in [0.1, 0.15) is 27.8 Å². The number of nitrogens with zero attached hydrogens (tertiary/aromatic N) is 6. The van der Waals surface area contributed by atoms with Crippen molar-refractivity contribution >= 4 is 28.4 Å². The second-order valence-electron chi connectivity index (χ2n) is 8.15. The van der Waals surface area contributed by atoms with Gasteiger partial charge >= 0.3 is 0 Å². The number of halogens is 1. The van der Waals surface area contributed by atoms with E-state index < -0.39 is 17.8 Å². The average Bonchev–Trinajstić information content (AvgIpc) is 3.49. The molecule has 0 aliphatic rings. The highest BCUT2D eigenvalue weighted by molar-refractivity contribution is 5.95. The number of anilines is 2. The van der Waals surface area contributed by atoms with Crippen LogP contribution in [0.3, 0.4) is 0 Å². The first-order valence-electron chi connectivity index (χ1n) is 11.1. The monoisotopic (exact) mass is 486 g/mol. The normalized spacial score (nSPS) is 11.9. The zero-order valence-electron chi connectivity index (χ0n) is 19.8. The molecule has 1 amide bonds. The quantitative estimate of drug-likeness (QED) is 0.362. The van der Waals surface area contributed by atoms with Crippen molar-refractivity contribution in [3.05, 3.63) is 90.2 Å². The van der Waals surface area contributed by atoms with Crippen LogP contribution in [0.25, 0.3) is 10.9 Å². The number of nitrogens with one attached hydrogen (secondary N) is 2. The zero-order chi connectivity index (χ0) is 25.2. The van der Waals surface area contributed by atoms with Crippen molar-refractivity contribution in [2.45, 2.75) is 6.04 Å². The van der Waals surface area contributed by atoms with E-state index >= 15 is 0 Å². The molecule has 1 unspecified atom stereocenters. The van der Waals surface area contributed by atoms with Crippen LogP contribution in [-0.2, 0) is 14.1 Å². The number of carbonyl (C=O) groups is 1. The molecule has 11 heteroatoms. The van der Waals surface area contributed by atoms with Gasteiger partial charge in [-0.05, 0) is 29.8 Å². The van der Waals surface area contributed by atoms with Crippen LogP contribution in [0.2, 0.25) is 0 Å². The lowest BCUT2D eigenvalue weighted by molar-refractivity contribution is 0.0937. The maximum Gasteiger partial charge on any atom is 0.270 e. The number of pyridine rings is 2. The number of ether oxygens (including phenoxy) is 1. The Hall–Kier alpha value is -4.80. The Labute approximate surface area is 205 Å². The second kappa shape index (κ2) is 9.45. The summed E-state index contributed by atoms with van der Waals surface area (Å²) < 4.78 is 23.0. The van der Waals surface area contributed by atoms with E-state index in [0.717, 1.165) is 11.2 Å². The highest BCUT2D eigenvalue weighted by Gasteiger charge is 2.23. The second-order valence-corrected chi connectivity index (χ2v) is 8.15. The predicted octanol–water partition coefficient (Wildman–Crippen LogP) is 3.51. The number of fused-ring (bicyclic) bond motifs is 1. The molecular weight excluding hydrogens is 463 g/mol. The summed E-state index contributed by atoms with van der Waals surface area (Å²) in [6.07, 6.45) is 6.61. The number of aryl methyl sites for hydroxylation is 2. The standard InChI is InChI=1S/C25H23FN8O2/c1-33-14-27-13-20(33)24(15-5-7-21(36-3)17(26)10-15)32-25(35)18-6-4-16-12-28-22(11-19(16)30-18)31-23-8-9-29-34(23)2/h4-14,24H,1-3H3,(H,28,31)(H,32,35). The Kier molecular flexibility index (Phi) is 6.03. The van der Waals surface area contributed by atoms with Crippen LogP contribution in [-0.4, -0.2) is 42.3 Å². The van der Waals surface area contributed by atoms with Crippen LogP contribution in [0.15, 0.2) is 67.4 Å². The summed E-state index contributed by atoms with van der Waals surface area (Å²) >= 11 is 0. The Balaban J connectivity index is 1.45. The van der Waals surface area contributed by atoms with E-state index in [1.807, 2.05) is 13.1 Å². The minimum atomic E-state index is -0.664. The van der Waals surface area contributed by atoms with Gasteiger partial charge in [0.15, 0.2) is 11.6 Å². The van der Waals surface area contributed by atoms with Crippen LogP contribution in [0, 0.1) is 5.82 Å². The molecule has 0 spiro atoms. The van der Waals surface area contributed by atoms with Gasteiger partial charge in [-0.1, -0.05) is 6.07 Å². The topological polar surface area (TPSA) is 112 Å². The van der Waals surface area contributed by atoms with Gasteiger partial charge in [0, 0.05) is 37.8 Å². The molecule has 5 rings (SSSR count). The summed E-state index contributed by atoms with van der Waals surface area (Å²) in [5, 5.41) is 11.1. The molecule has 0 bridgehead atoms.